The lowest BCUT2D eigenvalue weighted by atomic mass is 10.1. The van der Waals surface area contributed by atoms with Gasteiger partial charge in [0.1, 0.15) is 23.1 Å². The zero-order valence-corrected chi connectivity index (χ0v) is 20.2. The smallest absolute Gasteiger partial charge is 0.323 e. The van der Waals surface area contributed by atoms with Crippen molar-refractivity contribution in [3.05, 3.63) is 107 Å². The predicted molar refractivity (Wildman–Crippen MR) is 136 cm³/mol. The van der Waals surface area contributed by atoms with Crippen molar-refractivity contribution in [2.24, 2.45) is 0 Å². The van der Waals surface area contributed by atoms with Gasteiger partial charge in [0.15, 0.2) is 11.6 Å². The lowest BCUT2D eigenvalue weighted by Crippen LogP contribution is -2.38. The van der Waals surface area contributed by atoms with E-state index in [1.807, 2.05) is 24.3 Å². The molecule has 0 bridgehead atoms. The van der Waals surface area contributed by atoms with E-state index in [4.69, 9.17) is 9.47 Å². The molecule has 1 aliphatic heterocycles. The molecule has 2 heterocycles. The van der Waals surface area contributed by atoms with Gasteiger partial charge in [-0.1, -0.05) is 18.2 Å². The molecular formula is C28H22F2N4O4. The number of rotatable bonds is 7. The van der Waals surface area contributed by atoms with Gasteiger partial charge in [-0.3, -0.25) is 10.1 Å². The third-order valence-electron chi connectivity index (χ3n) is 5.90. The molecule has 0 aliphatic carbocycles. The number of aromatic nitrogens is 1. The molecule has 0 spiro atoms. The Morgan fingerprint density at radius 2 is 1.87 bits per heavy atom. The van der Waals surface area contributed by atoms with Gasteiger partial charge < -0.3 is 19.7 Å². The first-order valence-electron chi connectivity index (χ1n) is 11.6. The molecule has 0 unspecified atom stereocenters. The monoisotopic (exact) mass is 516 g/mol. The number of benzene rings is 3. The van der Waals surface area contributed by atoms with E-state index in [1.165, 1.54) is 36.5 Å². The number of carbonyl (C=O) groups is 2. The minimum absolute atomic E-state index is 0.0826. The largest absolute Gasteiger partial charge is 0.497 e. The summed E-state index contributed by atoms with van der Waals surface area (Å²) in [5, 5.41) is 5.28. The molecule has 2 N–H and O–H groups in total. The molecule has 0 radical (unpaired) electrons. The molecule has 0 atom stereocenters. The summed E-state index contributed by atoms with van der Waals surface area (Å²) in [7, 11) is 1.58. The number of nitrogens with zero attached hydrogens (tertiary/aromatic N) is 2. The first-order valence-corrected chi connectivity index (χ1v) is 11.6. The molecule has 4 aromatic rings. The van der Waals surface area contributed by atoms with Crippen LogP contribution in [0.4, 0.5) is 25.1 Å². The first-order chi connectivity index (χ1) is 18.4. The molecule has 1 aromatic heterocycles. The zero-order valence-electron chi connectivity index (χ0n) is 20.2. The summed E-state index contributed by atoms with van der Waals surface area (Å²) in [5.74, 6) is -0.560. The van der Waals surface area contributed by atoms with Crippen molar-refractivity contribution in [2.75, 3.05) is 17.7 Å². The van der Waals surface area contributed by atoms with Crippen LogP contribution >= 0.6 is 0 Å². The number of amides is 3. The molecule has 38 heavy (non-hydrogen) atoms. The SMILES string of the molecule is COc1ccc(CN2Cc3c(Oc4ccc(NC(=O)c5cccc(F)c5)cc4F)ccnc3NC2=O)cc1. The molecule has 3 amide bonds. The summed E-state index contributed by atoms with van der Waals surface area (Å²) in [5.41, 5.74) is 1.77. The van der Waals surface area contributed by atoms with Crippen LogP contribution in [-0.4, -0.2) is 28.9 Å². The highest BCUT2D eigenvalue weighted by atomic mass is 19.1. The first kappa shape index (κ1) is 24.7. The fourth-order valence-corrected chi connectivity index (χ4v) is 3.97. The second kappa shape index (κ2) is 10.6. The van der Waals surface area contributed by atoms with Crippen LogP contribution in [0.1, 0.15) is 21.5 Å². The van der Waals surface area contributed by atoms with Crippen LogP contribution in [0.25, 0.3) is 0 Å². The fraction of sp³-hybridized carbons (Fsp3) is 0.107. The van der Waals surface area contributed by atoms with E-state index < -0.39 is 17.5 Å². The Morgan fingerprint density at radius 1 is 1.05 bits per heavy atom. The Balaban J connectivity index is 1.32. The molecule has 0 saturated heterocycles. The average Bonchev–Trinajstić information content (AvgIpc) is 2.91. The Bertz CT molecular complexity index is 1510. The van der Waals surface area contributed by atoms with Crippen LogP contribution in [0.15, 0.2) is 79.0 Å². The molecule has 5 rings (SSSR count). The second-order valence-corrected chi connectivity index (χ2v) is 8.48. The third-order valence-corrected chi connectivity index (χ3v) is 5.90. The Labute approximate surface area is 216 Å². The van der Waals surface area contributed by atoms with Crippen molar-refractivity contribution >= 4 is 23.4 Å². The van der Waals surface area contributed by atoms with Gasteiger partial charge in [0.2, 0.25) is 0 Å². The third kappa shape index (κ3) is 5.39. The van der Waals surface area contributed by atoms with Crippen molar-refractivity contribution in [2.45, 2.75) is 13.1 Å². The number of fused-ring (bicyclic) bond motifs is 1. The van der Waals surface area contributed by atoms with E-state index in [9.17, 15) is 18.4 Å². The number of halogens is 2. The average molecular weight is 517 g/mol. The Morgan fingerprint density at radius 3 is 2.61 bits per heavy atom. The second-order valence-electron chi connectivity index (χ2n) is 8.48. The van der Waals surface area contributed by atoms with Crippen molar-refractivity contribution < 1.29 is 27.8 Å². The Hall–Kier alpha value is -4.99. The summed E-state index contributed by atoms with van der Waals surface area (Å²) >= 11 is 0. The highest BCUT2D eigenvalue weighted by Crippen LogP contribution is 2.35. The van der Waals surface area contributed by atoms with Crippen LogP contribution in [0.2, 0.25) is 0 Å². The van der Waals surface area contributed by atoms with Gasteiger partial charge in [0, 0.05) is 30.1 Å². The molecule has 192 valence electrons. The molecule has 1 aliphatic rings. The van der Waals surface area contributed by atoms with E-state index in [-0.39, 0.29) is 29.6 Å². The number of carbonyl (C=O) groups excluding carboxylic acids is 2. The van der Waals surface area contributed by atoms with Gasteiger partial charge in [-0.2, -0.15) is 0 Å². The Kier molecular flexibility index (Phi) is 6.86. The van der Waals surface area contributed by atoms with E-state index in [2.05, 4.69) is 15.6 Å². The molecule has 0 saturated carbocycles. The topological polar surface area (TPSA) is 92.8 Å². The van der Waals surface area contributed by atoms with Gasteiger partial charge in [0.25, 0.3) is 5.91 Å². The van der Waals surface area contributed by atoms with Gasteiger partial charge in [-0.15, -0.1) is 0 Å². The van der Waals surface area contributed by atoms with Crippen molar-refractivity contribution in [3.8, 4) is 17.2 Å². The zero-order chi connectivity index (χ0) is 26.6. The summed E-state index contributed by atoms with van der Waals surface area (Å²) in [6.07, 6.45) is 1.46. The number of nitrogens with one attached hydrogen (secondary N) is 2. The number of pyridine rings is 1. The van der Waals surface area contributed by atoms with Gasteiger partial charge in [-0.05, 0) is 54.1 Å². The normalized spacial score (nSPS) is 12.4. The fourth-order valence-electron chi connectivity index (χ4n) is 3.97. The van der Waals surface area contributed by atoms with Crippen LogP contribution in [0.3, 0.4) is 0 Å². The molecule has 3 aromatic carbocycles. The highest BCUT2D eigenvalue weighted by molar-refractivity contribution is 6.04. The molecule has 0 fully saturated rings. The number of hydrogen-bond donors (Lipinski definition) is 2. The van der Waals surface area contributed by atoms with Crippen LogP contribution in [0.5, 0.6) is 17.2 Å². The maximum atomic E-state index is 14.9. The van der Waals surface area contributed by atoms with Gasteiger partial charge in [0.05, 0.1) is 19.2 Å². The van der Waals surface area contributed by atoms with E-state index in [0.717, 1.165) is 17.7 Å². The lowest BCUT2D eigenvalue weighted by molar-refractivity contribution is 0.102. The maximum Gasteiger partial charge on any atom is 0.323 e. The quantitative estimate of drug-likeness (QED) is 0.316. The van der Waals surface area contributed by atoms with E-state index in [0.29, 0.717) is 29.4 Å². The summed E-state index contributed by atoms with van der Waals surface area (Å²) in [6.45, 7) is 0.525. The summed E-state index contributed by atoms with van der Waals surface area (Å²) in [6, 6.07) is 17.8. The van der Waals surface area contributed by atoms with E-state index >= 15 is 0 Å². The lowest BCUT2D eigenvalue weighted by Gasteiger charge is -2.29. The van der Waals surface area contributed by atoms with Crippen LogP contribution in [-0.2, 0) is 13.1 Å². The molecular weight excluding hydrogens is 494 g/mol. The van der Waals surface area contributed by atoms with Gasteiger partial charge in [-0.25, -0.2) is 18.6 Å². The van der Waals surface area contributed by atoms with Crippen molar-refractivity contribution in [1.82, 2.24) is 9.88 Å². The van der Waals surface area contributed by atoms with Crippen molar-refractivity contribution in [1.29, 1.82) is 0 Å². The highest BCUT2D eigenvalue weighted by Gasteiger charge is 2.27. The maximum absolute atomic E-state index is 14.9. The van der Waals surface area contributed by atoms with Crippen LogP contribution in [0, 0.1) is 11.6 Å². The number of urea groups is 1. The standard InChI is InChI=1S/C28H22F2N4O4/c1-37-21-8-5-17(6-9-21)15-34-16-22-24(11-12-31-26(22)33-28(34)36)38-25-10-7-20(14-23(25)30)32-27(35)18-3-2-4-19(29)13-18/h2-14H,15-16H2,1H3,(H,32,35)(H,31,33,36). The molecule has 10 heteroatoms. The van der Waals surface area contributed by atoms with E-state index in [1.54, 1.807) is 18.1 Å². The summed E-state index contributed by atoms with van der Waals surface area (Å²) in [4.78, 5) is 30.8. The van der Waals surface area contributed by atoms with Crippen molar-refractivity contribution in [3.63, 3.8) is 0 Å². The molecule has 8 nitrogen and oxygen atoms in total. The van der Waals surface area contributed by atoms with Crippen LogP contribution < -0.4 is 20.1 Å². The minimum Gasteiger partial charge on any atom is -0.497 e. The number of ether oxygens (including phenoxy) is 2. The number of hydrogen-bond acceptors (Lipinski definition) is 5. The van der Waals surface area contributed by atoms with Gasteiger partial charge >= 0.3 is 6.03 Å². The summed E-state index contributed by atoms with van der Waals surface area (Å²) < 4.78 is 39.4. The number of anilines is 2. The predicted octanol–water partition coefficient (Wildman–Crippen LogP) is 5.96. The number of methoxy groups -OCH3 is 1. The minimum atomic E-state index is -0.720.